The fourth-order valence-electron chi connectivity index (χ4n) is 1.47. The Labute approximate surface area is 68.8 Å². The Balaban J connectivity index is 2.20. The van der Waals surface area contributed by atoms with E-state index >= 15 is 0 Å². The van der Waals surface area contributed by atoms with Gasteiger partial charge in [0.05, 0.1) is 0 Å². The highest BCUT2D eigenvalue weighted by Gasteiger charge is 2.14. The molecular formula is C9H16N2. The van der Waals surface area contributed by atoms with Crippen molar-refractivity contribution < 1.29 is 0 Å². The van der Waals surface area contributed by atoms with Crippen LogP contribution in [0.1, 0.15) is 19.3 Å². The van der Waals surface area contributed by atoms with Gasteiger partial charge in [0.1, 0.15) is 0 Å². The van der Waals surface area contributed by atoms with E-state index in [0.29, 0.717) is 0 Å². The minimum Gasteiger partial charge on any atom is -0.359 e. The highest BCUT2D eigenvalue weighted by atomic mass is 15.1. The molecule has 0 aromatic carbocycles. The molecule has 0 aromatic rings. The molecule has 1 saturated heterocycles. The van der Waals surface area contributed by atoms with Gasteiger partial charge in [-0.3, -0.25) is 0 Å². The van der Waals surface area contributed by atoms with Gasteiger partial charge in [0.2, 0.25) is 0 Å². The summed E-state index contributed by atoms with van der Waals surface area (Å²) in [6, 6.07) is 2.46. The molecule has 0 atom stereocenters. The first kappa shape index (κ1) is 8.42. The monoisotopic (exact) mass is 152 g/mol. The summed E-state index contributed by atoms with van der Waals surface area (Å²) in [5.74, 6) is 3.74. The van der Waals surface area contributed by atoms with Gasteiger partial charge in [-0.05, 0) is 38.9 Å². The number of piperidine rings is 1. The van der Waals surface area contributed by atoms with E-state index in [4.69, 9.17) is 5.73 Å². The second-order valence-corrected chi connectivity index (χ2v) is 3.27. The third kappa shape index (κ3) is 2.81. The van der Waals surface area contributed by atoms with Crippen LogP contribution in [0.2, 0.25) is 0 Å². The molecule has 2 N–H and O–H groups in total. The van der Waals surface area contributed by atoms with Crippen LogP contribution in [0, 0.1) is 17.9 Å². The van der Waals surface area contributed by atoms with Gasteiger partial charge in [-0.2, -0.15) is 0 Å². The fraction of sp³-hybridized carbons (Fsp3) is 0.778. The minimum atomic E-state index is 0.794. The summed E-state index contributed by atoms with van der Waals surface area (Å²) in [4.78, 5) is 2.37. The van der Waals surface area contributed by atoms with Gasteiger partial charge in [-0.25, -0.2) is 0 Å². The van der Waals surface area contributed by atoms with Gasteiger partial charge in [0, 0.05) is 12.5 Å². The van der Waals surface area contributed by atoms with Crippen LogP contribution in [0.4, 0.5) is 0 Å². The number of rotatable bonds is 1. The molecule has 0 unspecified atom stereocenters. The van der Waals surface area contributed by atoms with E-state index in [2.05, 4.69) is 23.9 Å². The van der Waals surface area contributed by atoms with Crippen molar-refractivity contribution in [2.45, 2.75) is 19.3 Å². The van der Waals surface area contributed by atoms with Crippen LogP contribution < -0.4 is 5.73 Å². The Morgan fingerprint density at radius 1 is 1.45 bits per heavy atom. The minimum absolute atomic E-state index is 0.794. The summed E-state index contributed by atoms with van der Waals surface area (Å²) in [5.41, 5.74) is 5.10. The van der Waals surface area contributed by atoms with Crippen LogP contribution in [0.3, 0.4) is 0 Å². The zero-order valence-corrected chi connectivity index (χ0v) is 7.14. The summed E-state index contributed by atoms with van der Waals surface area (Å²) in [5, 5.41) is 0. The molecule has 62 valence electrons. The molecule has 2 heteroatoms. The van der Waals surface area contributed by atoms with Crippen LogP contribution in [0.15, 0.2) is 0 Å². The quantitative estimate of drug-likeness (QED) is 0.441. The van der Waals surface area contributed by atoms with Crippen molar-refractivity contribution in [3.63, 3.8) is 0 Å². The molecule has 1 heterocycles. The van der Waals surface area contributed by atoms with Crippen LogP contribution in [0.5, 0.6) is 0 Å². The van der Waals surface area contributed by atoms with Crippen molar-refractivity contribution in [2.24, 2.45) is 11.7 Å². The molecule has 11 heavy (non-hydrogen) atoms. The van der Waals surface area contributed by atoms with E-state index in [-0.39, 0.29) is 0 Å². The van der Waals surface area contributed by atoms with Gasteiger partial charge >= 0.3 is 0 Å². The van der Waals surface area contributed by atoms with E-state index in [0.717, 1.165) is 12.3 Å². The molecular weight excluding hydrogens is 136 g/mol. The second-order valence-electron chi connectivity index (χ2n) is 3.27. The molecule has 0 aliphatic carbocycles. The average molecular weight is 152 g/mol. The lowest BCUT2D eigenvalue weighted by Crippen LogP contribution is -2.29. The first-order valence-corrected chi connectivity index (χ1v) is 4.20. The Bertz CT molecular complexity index is 158. The molecule has 1 aliphatic rings. The van der Waals surface area contributed by atoms with E-state index in [1.807, 2.05) is 0 Å². The van der Waals surface area contributed by atoms with Gasteiger partial charge in [0.25, 0.3) is 0 Å². The summed E-state index contributed by atoms with van der Waals surface area (Å²) in [6.07, 6.45) is 3.56. The predicted octanol–water partition coefficient (Wildman–Crippen LogP) is 0.638. The van der Waals surface area contributed by atoms with E-state index in [1.165, 1.54) is 25.9 Å². The molecule has 1 aliphatic heterocycles. The van der Waals surface area contributed by atoms with E-state index < -0.39 is 0 Å². The Morgan fingerprint density at radius 3 is 2.64 bits per heavy atom. The van der Waals surface area contributed by atoms with Gasteiger partial charge < -0.3 is 10.6 Å². The average Bonchev–Trinajstić information content (AvgIpc) is 2.04. The lowest BCUT2D eigenvalue weighted by molar-refractivity contribution is 0.222. The standard InChI is InChI=1S/C9H16N2/c1-11-7-4-9(5-8-11)3-2-6-10/h9H,3-5,7-8,10H2,1H3. The number of hydrogen-bond donors (Lipinski definition) is 1. The van der Waals surface area contributed by atoms with Gasteiger partial charge in [-0.1, -0.05) is 5.92 Å². The molecule has 0 spiro atoms. The number of nitrogens with two attached hydrogens (primary N) is 1. The number of nitrogens with zero attached hydrogens (tertiary/aromatic N) is 1. The molecule has 1 fully saturated rings. The molecule has 0 aromatic heterocycles. The third-order valence-corrected chi connectivity index (χ3v) is 2.33. The smallest absolute Gasteiger partial charge is 0.0136 e. The molecule has 1 rings (SSSR count). The SMILES string of the molecule is CN1CCC(CC#CN)CC1. The molecule has 0 saturated carbocycles. The Hall–Kier alpha value is -0.680. The Kier molecular flexibility index (Phi) is 3.25. The van der Waals surface area contributed by atoms with Crippen molar-refractivity contribution >= 4 is 0 Å². The van der Waals surface area contributed by atoms with Crippen molar-refractivity contribution in [3.05, 3.63) is 0 Å². The van der Waals surface area contributed by atoms with Crippen LogP contribution in [-0.4, -0.2) is 25.0 Å². The maximum Gasteiger partial charge on any atom is 0.0136 e. The van der Waals surface area contributed by atoms with Gasteiger partial charge in [0.15, 0.2) is 0 Å². The van der Waals surface area contributed by atoms with Crippen LogP contribution >= 0.6 is 0 Å². The largest absolute Gasteiger partial charge is 0.359 e. The first-order valence-electron chi connectivity index (χ1n) is 4.20. The number of likely N-dealkylation sites (tertiary alicyclic amines) is 1. The zero-order valence-electron chi connectivity index (χ0n) is 7.14. The van der Waals surface area contributed by atoms with Gasteiger partial charge in [-0.15, -0.1) is 0 Å². The number of hydrogen-bond acceptors (Lipinski definition) is 2. The molecule has 0 bridgehead atoms. The molecule has 2 nitrogen and oxygen atoms in total. The highest BCUT2D eigenvalue weighted by Crippen LogP contribution is 2.18. The summed E-state index contributed by atoms with van der Waals surface area (Å²) in [6.45, 7) is 2.44. The zero-order chi connectivity index (χ0) is 8.10. The lowest BCUT2D eigenvalue weighted by atomic mass is 9.94. The Morgan fingerprint density at radius 2 is 2.09 bits per heavy atom. The molecule has 0 amide bonds. The summed E-state index contributed by atoms with van der Waals surface area (Å²) >= 11 is 0. The fourth-order valence-corrected chi connectivity index (χ4v) is 1.47. The van der Waals surface area contributed by atoms with Crippen molar-refractivity contribution in [3.8, 4) is 12.0 Å². The summed E-state index contributed by atoms with van der Waals surface area (Å²) in [7, 11) is 2.17. The highest BCUT2D eigenvalue weighted by molar-refractivity contribution is 4.96. The van der Waals surface area contributed by atoms with Crippen LogP contribution in [-0.2, 0) is 0 Å². The van der Waals surface area contributed by atoms with E-state index in [9.17, 15) is 0 Å². The second kappa shape index (κ2) is 4.25. The van der Waals surface area contributed by atoms with E-state index in [1.54, 1.807) is 0 Å². The third-order valence-electron chi connectivity index (χ3n) is 2.33. The van der Waals surface area contributed by atoms with Crippen molar-refractivity contribution in [1.29, 1.82) is 0 Å². The maximum absolute atomic E-state index is 5.10. The first-order chi connectivity index (χ1) is 5.33. The lowest BCUT2D eigenvalue weighted by Gasteiger charge is -2.27. The normalized spacial score (nSPS) is 20.8. The summed E-state index contributed by atoms with van der Waals surface area (Å²) < 4.78 is 0. The topological polar surface area (TPSA) is 29.3 Å². The van der Waals surface area contributed by atoms with Crippen molar-refractivity contribution in [1.82, 2.24) is 4.90 Å². The van der Waals surface area contributed by atoms with Crippen LogP contribution in [0.25, 0.3) is 0 Å². The predicted molar refractivity (Wildman–Crippen MR) is 46.8 cm³/mol. The maximum atomic E-state index is 5.10. The molecule has 0 radical (unpaired) electrons. The van der Waals surface area contributed by atoms with Crippen molar-refractivity contribution in [2.75, 3.05) is 20.1 Å².